The molecular formula is C21H30ClN7O2. The minimum absolute atomic E-state index is 0.0624. The average Bonchev–Trinajstić information content (AvgIpc) is 3.10. The Bertz CT molecular complexity index is 1080. The van der Waals surface area contributed by atoms with Gasteiger partial charge in [-0.25, -0.2) is 4.98 Å². The first-order valence-corrected chi connectivity index (χ1v) is 10.7. The van der Waals surface area contributed by atoms with Gasteiger partial charge in [0.25, 0.3) is 0 Å². The van der Waals surface area contributed by atoms with E-state index in [4.69, 9.17) is 27.4 Å². The lowest BCUT2D eigenvalue weighted by Crippen LogP contribution is -2.26. The van der Waals surface area contributed by atoms with Crippen molar-refractivity contribution in [3.8, 4) is 11.5 Å². The number of rotatable bonds is 8. The van der Waals surface area contributed by atoms with E-state index < -0.39 is 0 Å². The summed E-state index contributed by atoms with van der Waals surface area (Å²) < 4.78 is 1.90. The lowest BCUT2D eigenvalue weighted by molar-refractivity contribution is 0.400. The molecule has 0 saturated heterocycles. The summed E-state index contributed by atoms with van der Waals surface area (Å²) in [5.74, 6) is 0.576. The molecule has 1 atom stereocenters. The number of halogens is 1. The standard InChI is InChI=1S/C21H30ClN7O2/c1-10(2)15-16-17(29(28-15)11(3)4)20(27-21(26-16)25-8-12(5)23)24-9-13-6-7-14(22)19(31)18(13)30/h6-7,10-12,30-31H,8-9,23H2,1-5H3,(H2,24,25,26,27). The Morgan fingerprint density at radius 1 is 1.06 bits per heavy atom. The molecule has 0 fully saturated rings. The van der Waals surface area contributed by atoms with Crippen molar-refractivity contribution in [3.05, 3.63) is 28.4 Å². The number of aromatic nitrogens is 4. The van der Waals surface area contributed by atoms with Gasteiger partial charge in [-0.05, 0) is 32.8 Å². The van der Waals surface area contributed by atoms with Crippen molar-refractivity contribution in [2.45, 2.75) is 59.2 Å². The lowest BCUT2D eigenvalue weighted by atomic mass is 10.1. The maximum absolute atomic E-state index is 10.2. The molecule has 168 valence electrons. The maximum atomic E-state index is 10.2. The Hall–Kier alpha value is -2.78. The van der Waals surface area contributed by atoms with E-state index in [1.807, 2.05) is 25.5 Å². The highest BCUT2D eigenvalue weighted by atomic mass is 35.5. The number of nitrogens with zero attached hydrogens (tertiary/aromatic N) is 4. The SMILES string of the molecule is CC(N)CNc1nc(NCc2ccc(Cl)c(O)c2O)c2c(n1)c(C(C)C)nn2C(C)C. The molecule has 6 N–H and O–H groups in total. The van der Waals surface area contributed by atoms with Gasteiger partial charge in [0, 0.05) is 30.7 Å². The third-order valence-electron chi connectivity index (χ3n) is 4.82. The Kier molecular flexibility index (Phi) is 6.76. The first kappa shape index (κ1) is 22.9. The molecule has 1 unspecified atom stereocenters. The van der Waals surface area contributed by atoms with Gasteiger partial charge in [0.05, 0.1) is 10.7 Å². The number of nitrogens with one attached hydrogen (secondary N) is 2. The summed E-state index contributed by atoms with van der Waals surface area (Å²) in [6.07, 6.45) is 0. The minimum Gasteiger partial charge on any atom is -0.504 e. The van der Waals surface area contributed by atoms with Gasteiger partial charge in [-0.1, -0.05) is 31.5 Å². The van der Waals surface area contributed by atoms with Crippen LogP contribution in [0.25, 0.3) is 11.0 Å². The molecule has 0 radical (unpaired) electrons. The van der Waals surface area contributed by atoms with Gasteiger partial charge in [0.2, 0.25) is 5.95 Å². The van der Waals surface area contributed by atoms with Crippen LogP contribution in [-0.2, 0) is 6.54 Å². The number of phenols is 2. The van der Waals surface area contributed by atoms with E-state index in [2.05, 4.69) is 29.5 Å². The number of fused-ring (bicyclic) bond motifs is 1. The van der Waals surface area contributed by atoms with Crippen molar-refractivity contribution in [1.82, 2.24) is 19.7 Å². The van der Waals surface area contributed by atoms with Gasteiger partial charge in [-0.2, -0.15) is 10.1 Å². The number of phenolic OH excluding ortho intramolecular Hbond substituents is 2. The van der Waals surface area contributed by atoms with E-state index in [-0.39, 0.29) is 41.1 Å². The maximum Gasteiger partial charge on any atom is 0.225 e. The van der Waals surface area contributed by atoms with Crippen molar-refractivity contribution in [2.24, 2.45) is 5.73 Å². The fourth-order valence-electron chi connectivity index (χ4n) is 3.20. The second kappa shape index (κ2) is 9.15. The molecule has 2 heterocycles. The van der Waals surface area contributed by atoms with Crippen LogP contribution in [0.2, 0.25) is 5.02 Å². The third kappa shape index (κ3) is 4.77. The van der Waals surface area contributed by atoms with Gasteiger partial charge in [-0.15, -0.1) is 0 Å². The second-order valence-corrected chi connectivity index (χ2v) is 8.69. The zero-order valence-electron chi connectivity index (χ0n) is 18.4. The van der Waals surface area contributed by atoms with Crippen molar-refractivity contribution in [2.75, 3.05) is 17.2 Å². The predicted octanol–water partition coefficient (Wildman–Crippen LogP) is 3.97. The Labute approximate surface area is 186 Å². The number of anilines is 2. The van der Waals surface area contributed by atoms with Crippen molar-refractivity contribution >= 4 is 34.4 Å². The molecule has 0 saturated carbocycles. The summed E-state index contributed by atoms with van der Waals surface area (Å²) >= 11 is 5.87. The quantitative estimate of drug-likeness (QED) is 0.327. The van der Waals surface area contributed by atoms with E-state index in [1.165, 1.54) is 6.07 Å². The van der Waals surface area contributed by atoms with Crippen molar-refractivity contribution in [3.63, 3.8) is 0 Å². The van der Waals surface area contributed by atoms with Crippen molar-refractivity contribution in [1.29, 1.82) is 0 Å². The zero-order valence-corrected chi connectivity index (χ0v) is 19.2. The van der Waals surface area contributed by atoms with Gasteiger partial charge in [-0.3, -0.25) is 4.68 Å². The van der Waals surface area contributed by atoms with Crippen LogP contribution in [0.1, 0.15) is 57.8 Å². The number of hydrogen-bond donors (Lipinski definition) is 5. The summed E-state index contributed by atoms with van der Waals surface area (Å²) in [6, 6.07) is 3.22. The van der Waals surface area contributed by atoms with Crippen LogP contribution in [-0.4, -0.2) is 42.5 Å². The van der Waals surface area contributed by atoms with E-state index in [1.54, 1.807) is 6.07 Å². The largest absolute Gasteiger partial charge is 0.504 e. The molecular weight excluding hydrogens is 418 g/mol. The summed E-state index contributed by atoms with van der Waals surface area (Å²) in [6.45, 7) is 10.9. The topological polar surface area (TPSA) is 134 Å². The molecule has 1 aromatic carbocycles. The number of hydrogen-bond acceptors (Lipinski definition) is 8. The van der Waals surface area contributed by atoms with E-state index >= 15 is 0 Å². The van der Waals surface area contributed by atoms with Crippen LogP contribution in [0.5, 0.6) is 11.5 Å². The molecule has 0 aliphatic rings. The van der Waals surface area contributed by atoms with Crippen molar-refractivity contribution < 1.29 is 10.2 Å². The van der Waals surface area contributed by atoms with E-state index in [0.29, 0.717) is 23.9 Å². The van der Waals surface area contributed by atoms with Crippen LogP contribution >= 0.6 is 11.6 Å². The normalized spacial score (nSPS) is 12.7. The number of nitrogens with two attached hydrogens (primary N) is 1. The molecule has 3 aromatic rings. The fourth-order valence-corrected chi connectivity index (χ4v) is 3.35. The van der Waals surface area contributed by atoms with Gasteiger partial charge in [0.15, 0.2) is 17.3 Å². The molecule has 31 heavy (non-hydrogen) atoms. The Balaban J connectivity index is 2.09. The minimum atomic E-state index is -0.345. The Morgan fingerprint density at radius 3 is 2.39 bits per heavy atom. The smallest absolute Gasteiger partial charge is 0.225 e. The van der Waals surface area contributed by atoms with Gasteiger partial charge in [0.1, 0.15) is 11.0 Å². The lowest BCUT2D eigenvalue weighted by Gasteiger charge is -2.15. The highest BCUT2D eigenvalue weighted by Crippen LogP contribution is 2.37. The number of benzene rings is 1. The molecule has 10 heteroatoms. The first-order chi connectivity index (χ1) is 14.6. The van der Waals surface area contributed by atoms with Crippen LogP contribution in [0.15, 0.2) is 12.1 Å². The summed E-state index contributed by atoms with van der Waals surface area (Å²) in [7, 11) is 0. The molecule has 9 nitrogen and oxygen atoms in total. The highest BCUT2D eigenvalue weighted by molar-refractivity contribution is 6.32. The zero-order chi connectivity index (χ0) is 22.9. The molecule has 0 aliphatic carbocycles. The summed E-state index contributed by atoms with van der Waals surface area (Å²) in [5.41, 5.74) is 8.78. The summed E-state index contributed by atoms with van der Waals surface area (Å²) in [4.78, 5) is 9.38. The molecule has 0 aliphatic heterocycles. The van der Waals surface area contributed by atoms with E-state index in [0.717, 1.165) is 16.7 Å². The highest BCUT2D eigenvalue weighted by Gasteiger charge is 2.22. The molecule has 0 bridgehead atoms. The van der Waals surface area contributed by atoms with Crippen LogP contribution in [0.4, 0.5) is 11.8 Å². The van der Waals surface area contributed by atoms with Gasteiger partial charge < -0.3 is 26.6 Å². The molecule has 2 aromatic heterocycles. The predicted molar refractivity (Wildman–Crippen MR) is 124 cm³/mol. The second-order valence-electron chi connectivity index (χ2n) is 8.29. The van der Waals surface area contributed by atoms with Crippen LogP contribution in [0, 0.1) is 0 Å². The fraction of sp³-hybridized carbons (Fsp3) is 0.476. The number of aromatic hydroxyl groups is 2. The molecule has 3 rings (SSSR count). The average molecular weight is 448 g/mol. The Morgan fingerprint density at radius 2 is 1.77 bits per heavy atom. The van der Waals surface area contributed by atoms with E-state index in [9.17, 15) is 10.2 Å². The monoisotopic (exact) mass is 447 g/mol. The third-order valence-corrected chi connectivity index (χ3v) is 5.13. The van der Waals surface area contributed by atoms with Gasteiger partial charge >= 0.3 is 0 Å². The van der Waals surface area contributed by atoms with Crippen LogP contribution < -0.4 is 16.4 Å². The van der Waals surface area contributed by atoms with Crippen LogP contribution in [0.3, 0.4) is 0 Å². The molecule has 0 spiro atoms. The molecule has 0 amide bonds. The first-order valence-electron chi connectivity index (χ1n) is 10.3. The summed E-state index contributed by atoms with van der Waals surface area (Å²) in [5, 5.41) is 31.5.